The Balaban J connectivity index is 0.00000338. The van der Waals surface area contributed by atoms with Crippen LogP contribution in [0.1, 0.15) is 24.2 Å². The van der Waals surface area contributed by atoms with E-state index in [0.29, 0.717) is 23.5 Å². The Morgan fingerprint density at radius 3 is 2.54 bits per heavy atom. The molecule has 0 unspecified atom stereocenters. The van der Waals surface area contributed by atoms with E-state index in [1.165, 1.54) is 11.8 Å². The Morgan fingerprint density at radius 1 is 1.19 bits per heavy atom. The molecular formula is C18H24ClN3O2S2. The molecule has 0 aliphatic heterocycles. The van der Waals surface area contributed by atoms with E-state index in [4.69, 9.17) is 0 Å². The predicted octanol–water partition coefficient (Wildman–Crippen LogP) is 3.63. The highest BCUT2D eigenvalue weighted by Gasteiger charge is 2.08. The van der Waals surface area contributed by atoms with Crippen molar-refractivity contribution in [1.82, 2.24) is 10.6 Å². The Kier molecular flexibility index (Phi) is 10.3. The summed E-state index contributed by atoms with van der Waals surface area (Å²) in [6.07, 6.45) is 0. The average molecular weight is 414 g/mol. The van der Waals surface area contributed by atoms with Crippen LogP contribution in [0.15, 0.2) is 46.0 Å². The minimum Gasteiger partial charge on any atom is -0.350 e. The molecule has 0 radical (unpaired) electrons. The van der Waals surface area contributed by atoms with Crippen molar-refractivity contribution >= 4 is 53.0 Å². The van der Waals surface area contributed by atoms with Crippen LogP contribution in [0, 0.1) is 0 Å². The van der Waals surface area contributed by atoms with Crippen molar-refractivity contribution < 1.29 is 9.59 Å². The molecule has 5 nitrogen and oxygen atoms in total. The molecule has 2 amide bonds. The maximum atomic E-state index is 12.1. The van der Waals surface area contributed by atoms with Gasteiger partial charge in [-0.05, 0) is 49.2 Å². The number of nitrogens with one attached hydrogen (secondary N) is 3. The van der Waals surface area contributed by atoms with E-state index in [0.717, 1.165) is 10.8 Å². The summed E-state index contributed by atoms with van der Waals surface area (Å²) in [5, 5.41) is 11.0. The third kappa shape index (κ3) is 7.78. The number of carbonyl (C=O) groups is 2. The lowest BCUT2D eigenvalue weighted by molar-refractivity contribution is -0.113. The number of thiophene rings is 1. The summed E-state index contributed by atoms with van der Waals surface area (Å²) < 4.78 is 1.12. The molecule has 0 aliphatic rings. The van der Waals surface area contributed by atoms with Gasteiger partial charge in [-0.2, -0.15) is 0 Å². The van der Waals surface area contributed by atoms with Crippen molar-refractivity contribution in [2.45, 2.75) is 24.1 Å². The first-order chi connectivity index (χ1) is 12.1. The standard InChI is InChI=1S/C18H23N3O2S2.ClH/c1-3-19-13(2)11-20-18(23)14-6-8-15(9-7-14)21-16(22)12-25-17-5-4-10-24-17;/h4-10,13,19H,3,11-12H2,1-2H3,(H,20,23)(H,21,22);1H/t13-;/m1./s1. The van der Waals surface area contributed by atoms with E-state index in [-0.39, 0.29) is 30.3 Å². The van der Waals surface area contributed by atoms with Crippen LogP contribution in [0.25, 0.3) is 0 Å². The normalized spacial score (nSPS) is 11.3. The number of carbonyl (C=O) groups excluding carboxylic acids is 2. The molecule has 0 saturated carbocycles. The van der Waals surface area contributed by atoms with Crippen LogP contribution in [-0.4, -0.2) is 36.7 Å². The summed E-state index contributed by atoms with van der Waals surface area (Å²) >= 11 is 3.13. The molecule has 1 atom stereocenters. The first-order valence-electron chi connectivity index (χ1n) is 8.16. The molecular weight excluding hydrogens is 390 g/mol. The first kappa shape index (κ1) is 22.5. The van der Waals surface area contributed by atoms with E-state index >= 15 is 0 Å². The van der Waals surface area contributed by atoms with Gasteiger partial charge < -0.3 is 16.0 Å². The Labute approximate surface area is 168 Å². The molecule has 0 bridgehead atoms. The maximum Gasteiger partial charge on any atom is 0.251 e. The highest BCUT2D eigenvalue weighted by Crippen LogP contribution is 2.23. The third-order valence-electron chi connectivity index (χ3n) is 3.39. The third-order valence-corrected chi connectivity index (χ3v) is 5.52. The van der Waals surface area contributed by atoms with Crippen LogP contribution in [0.2, 0.25) is 0 Å². The number of rotatable bonds is 9. The number of halogens is 1. The molecule has 26 heavy (non-hydrogen) atoms. The van der Waals surface area contributed by atoms with Gasteiger partial charge in [0, 0.05) is 23.8 Å². The zero-order valence-corrected chi connectivity index (χ0v) is 17.2. The molecule has 2 rings (SSSR count). The SMILES string of the molecule is CCN[C@H](C)CNC(=O)c1ccc(NC(=O)CSc2cccs2)cc1.Cl. The summed E-state index contributed by atoms with van der Waals surface area (Å²) in [5.74, 6) is 0.191. The van der Waals surface area contributed by atoms with E-state index < -0.39 is 0 Å². The summed E-state index contributed by atoms with van der Waals surface area (Å²) in [4.78, 5) is 24.0. The number of anilines is 1. The molecule has 0 saturated heterocycles. The fourth-order valence-corrected chi connectivity index (χ4v) is 3.74. The number of thioether (sulfide) groups is 1. The minimum absolute atomic E-state index is 0. The van der Waals surface area contributed by atoms with Gasteiger partial charge in [-0.1, -0.05) is 13.0 Å². The zero-order chi connectivity index (χ0) is 18.1. The van der Waals surface area contributed by atoms with Crippen LogP contribution >= 0.6 is 35.5 Å². The number of amides is 2. The second-order valence-corrected chi connectivity index (χ2v) is 7.74. The molecule has 8 heteroatoms. The Hall–Kier alpha value is -1.54. The second-order valence-electron chi connectivity index (χ2n) is 5.52. The van der Waals surface area contributed by atoms with Gasteiger partial charge in [0.25, 0.3) is 5.91 Å². The Bertz CT molecular complexity index is 678. The van der Waals surface area contributed by atoms with E-state index in [1.807, 2.05) is 31.4 Å². The quantitative estimate of drug-likeness (QED) is 0.549. The fourth-order valence-electron chi connectivity index (χ4n) is 2.15. The lowest BCUT2D eigenvalue weighted by Crippen LogP contribution is -2.38. The molecule has 2 aromatic rings. The van der Waals surface area contributed by atoms with Crippen LogP contribution in [0.5, 0.6) is 0 Å². The van der Waals surface area contributed by atoms with Gasteiger partial charge in [0.2, 0.25) is 5.91 Å². The molecule has 0 fully saturated rings. The van der Waals surface area contributed by atoms with E-state index in [2.05, 4.69) is 16.0 Å². The average Bonchev–Trinajstić information content (AvgIpc) is 3.12. The van der Waals surface area contributed by atoms with Crippen LogP contribution in [0.4, 0.5) is 5.69 Å². The van der Waals surface area contributed by atoms with Crippen molar-refractivity contribution in [3.63, 3.8) is 0 Å². The molecule has 1 heterocycles. The van der Waals surface area contributed by atoms with Gasteiger partial charge in [-0.15, -0.1) is 35.5 Å². The van der Waals surface area contributed by atoms with Gasteiger partial charge >= 0.3 is 0 Å². The monoisotopic (exact) mass is 413 g/mol. The van der Waals surface area contributed by atoms with Gasteiger partial charge in [-0.3, -0.25) is 9.59 Å². The molecule has 1 aromatic carbocycles. The summed E-state index contributed by atoms with van der Waals surface area (Å²) in [6, 6.07) is 11.1. The van der Waals surface area contributed by atoms with E-state index in [9.17, 15) is 9.59 Å². The van der Waals surface area contributed by atoms with Crippen molar-refractivity contribution in [1.29, 1.82) is 0 Å². The number of benzene rings is 1. The molecule has 3 N–H and O–H groups in total. The summed E-state index contributed by atoms with van der Waals surface area (Å²) in [7, 11) is 0. The van der Waals surface area contributed by atoms with Crippen molar-refractivity contribution in [3.05, 3.63) is 47.3 Å². The topological polar surface area (TPSA) is 70.2 Å². The van der Waals surface area contributed by atoms with Gasteiger partial charge in [0.05, 0.1) is 9.96 Å². The number of hydrogen-bond acceptors (Lipinski definition) is 5. The van der Waals surface area contributed by atoms with Gasteiger partial charge in [-0.25, -0.2) is 0 Å². The summed E-state index contributed by atoms with van der Waals surface area (Å²) in [6.45, 7) is 5.50. The lowest BCUT2D eigenvalue weighted by Gasteiger charge is -2.13. The summed E-state index contributed by atoms with van der Waals surface area (Å²) in [5.41, 5.74) is 1.27. The van der Waals surface area contributed by atoms with Crippen molar-refractivity contribution in [3.8, 4) is 0 Å². The van der Waals surface area contributed by atoms with Crippen LogP contribution in [-0.2, 0) is 4.79 Å². The molecule has 142 valence electrons. The zero-order valence-electron chi connectivity index (χ0n) is 14.8. The number of likely N-dealkylation sites (N-methyl/N-ethyl adjacent to an activating group) is 1. The second kappa shape index (κ2) is 12.0. The molecule has 1 aromatic heterocycles. The highest BCUT2D eigenvalue weighted by atomic mass is 35.5. The fraction of sp³-hybridized carbons (Fsp3) is 0.333. The maximum absolute atomic E-state index is 12.1. The van der Waals surface area contributed by atoms with Gasteiger partial charge in [0.15, 0.2) is 0 Å². The lowest BCUT2D eigenvalue weighted by atomic mass is 10.2. The molecule has 0 aliphatic carbocycles. The first-order valence-corrected chi connectivity index (χ1v) is 10.0. The van der Waals surface area contributed by atoms with Crippen LogP contribution < -0.4 is 16.0 Å². The van der Waals surface area contributed by atoms with Gasteiger partial charge in [0.1, 0.15) is 0 Å². The van der Waals surface area contributed by atoms with Crippen molar-refractivity contribution in [2.24, 2.45) is 0 Å². The predicted molar refractivity (Wildman–Crippen MR) is 113 cm³/mol. The largest absolute Gasteiger partial charge is 0.350 e. The van der Waals surface area contributed by atoms with Crippen LogP contribution in [0.3, 0.4) is 0 Å². The van der Waals surface area contributed by atoms with Crippen molar-refractivity contribution in [2.75, 3.05) is 24.2 Å². The minimum atomic E-state index is -0.115. The Morgan fingerprint density at radius 2 is 1.92 bits per heavy atom. The smallest absolute Gasteiger partial charge is 0.251 e. The molecule has 0 spiro atoms. The van der Waals surface area contributed by atoms with E-state index in [1.54, 1.807) is 35.6 Å². The number of hydrogen-bond donors (Lipinski definition) is 3. The highest BCUT2D eigenvalue weighted by molar-refractivity contribution is 8.01.